The maximum absolute atomic E-state index is 15.0. The summed E-state index contributed by atoms with van der Waals surface area (Å²) in [5, 5.41) is 3.60. The predicted molar refractivity (Wildman–Crippen MR) is 240 cm³/mol. The van der Waals surface area contributed by atoms with Gasteiger partial charge in [-0.15, -0.1) is 0 Å². The highest BCUT2D eigenvalue weighted by molar-refractivity contribution is 5.85. The Morgan fingerprint density at radius 3 is 1.80 bits per heavy atom. The van der Waals surface area contributed by atoms with E-state index in [0.29, 0.717) is 49.7 Å². The Morgan fingerprint density at radius 1 is 0.623 bits per heavy atom. The van der Waals surface area contributed by atoms with E-state index in [-0.39, 0.29) is 86.7 Å². The molecule has 14 atom stereocenters. The van der Waals surface area contributed by atoms with Crippen LogP contribution in [-0.4, -0.2) is 49.2 Å². The largest absolute Gasteiger partial charge is 0.465 e. The molecule has 0 heterocycles. The van der Waals surface area contributed by atoms with Gasteiger partial charge in [0.15, 0.2) is 0 Å². The molecule has 7 aliphatic rings. The molecule has 0 aromatic carbocycles. The van der Waals surface area contributed by atoms with E-state index in [1.54, 1.807) is 0 Å². The lowest BCUT2D eigenvalue weighted by molar-refractivity contribution is -0.251. The van der Waals surface area contributed by atoms with Gasteiger partial charge in [0.2, 0.25) is 5.91 Å². The number of nitrogens with one attached hydrogen (secondary N) is 1. The van der Waals surface area contributed by atoms with Crippen LogP contribution in [0.2, 0.25) is 0 Å². The molecule has 1 unspecified atom stereocenters. The van der Waals surface area contributed by atoms with E-state index < -0.39 is 10.8 Å². The Hall–Kier alpha value is -2.38. The van der Waals surface area contributed by atoms with E-state index >= 15 is 0 Å². The number of ether oxygens (including phenoxy) is 3. The van der Waals surface area contributed by atoms with Crippen LogP contribution in [0.5, 0.6) is 0 Å². The molecule has 7 aliphatic carbocycles. The number of hydrogen-bond acceptors (Lipinski definition) is 7. The van der Waals surface area contributed by atoms with Gasteiger partial charge in [0.25, 0.3) is 0 Å². The number of carbonyl (C=O) groups excluding carboxylic acids is 4. The van der Waals surface area contributed by atoms with E-state index in [9.17, 15) is 19.2 Å². The van der Waals surface area contributed by atoms with Gasteiger partial charge in [-0.05, 0) is 153 Å². The van der Waals surface area contributed by atoms with Gasteiger partial charge in [-0.3, -0.25) is 19.2 Å². The van der Waals surface area contributed by atoms with Crippen molar-refractivity contribution < 1.29 is 33.4 Å². The Morgan fingerprint density at radius 2 is 1.23 bits per heavy atom. The summed E-state index contributed by atoms with van der Waals surface area (Å²) in [5.74, 6) is 1.10. The summed E-state index contributed by atoms with van der Waals surface area (Å²) in [5.41, 5.74) is 0.172. The van der Waals surface area contributed by atoms with Crippen LogP contribution >= 0.6 is 0 Å². The van der Waals surface area contributed by atoms with Gasteiger partial charge in [-0.2, -0.15) is 0 Å². The average molecular weight is 848 g/mol. The minimum absolute atomic E-state index is 0.0339. The van der Waals surface area contributed by atoms with Gasteiger partial charge in [-0.25, -0.2) is 0 Å². The Bertz CT molecular complexity index is 1730. The summed E-state index contributed by atoms with van der Waals surface area (Å²) in [6.07, 6.45) is 15.1. The van der Waals surface area contributed by atoms with Crippen LogP contribution in [0, 0.1) is 85.2 Å². The van der Waals surface area contributed by atoms with Crippen LogP contribution in [0.1, 0.15) is 186 Å². The van der Waals surface area contributed by atoms with Crippen molar-refractivity contribution >= 4 is 23.8 Å². The van der Waals surface area contributed by atoms with Gasteiger partial charge < -0.3 is 19.5 Å². The monoisotopic (exact) mass is 848 g/mol. The molecular weight excluding hydrogens is 763 g/mol. The van der Waals surface area contributed by atoms with Gasteiger partial charge in [-0.1, -0.05) is 101 Å². The number of allylic oxidation sites excluding steroid dienone is 1. The average Bonchev–Trinajstić information content (AvgIpc) is 3.59. The van der Waals surface area contributed by atoms with Crippen LogP contribution in [0.3, 0.4) is 0 Å². The van der Waals surface area contributed by atoms with Crippen molar-refractivity contribution in [3.05, 3.63) is 12.2 Å². The third-order valence-electron chi connectivity index (χ3n) is 20.9. The number of esters is 3. The molecule has 1 amide bonds. The Labute approximate surface area is 370 Å². The summed E-state index contributed by atoms with van der Waals surface area (Å²) in [6, 6.07) is -0.0339. The number of fused-ring (bicyclic) bond motifs is 7. The fraction of sp³-hybridized carbons (Fsp3) is 0.887. The highest BCUT2D eigenvalue weighted by Crippen LogP contribution is 2.78. The lowest BCUT2D eigenvalue weighted by atomic mass is 9.32. The lowest BCUT2D eigenvalue weighted by Crippen LogP contribution is -2.68. The first-order chi connectivity index (χ1) is 28.5. The van der Waals surface area contributed by atoms with Gasteiger partial charge in [0, 0.05) is 11.5 Å². The summed E-state index contributed by atoms with van der Waals surface area (Å²) in [6.45, 7) is 32.8. The zero-order valence-electron chi connectivity index (χ0n) is 40.6. The van der Waals surface area contributed by atoms with E-state index in [2.05, 4.69) is 81.1 Å². The predicted octanol–water partition coefficient (Wildman–Crippen LogP) is 11.4. The molecule has 1 N–H and O–H groups in total. The second-order valence-electron chi connectivity index (χ2n) is 24.5. The van der Waals surface area contributed by atoms with Crippen molar-refractivity contribution in [3.8, 4) is 0 Å². The molecule has 0 spiro atoms. The van der Waals surface area contributed by atoms with Crippen molar-refractivity contribution in [1.29, 1.82) is 0 Å². The number of rotatable bonds is 13. The first-order valence-corrected chi connectivity index (χ1v) is 25.0. The van der Waals surface area contributed by atoms with Crippen molar-refractivity contribution in [2.24, 2.45) is 85.2 Å². The van der Waals surface area contributed by atoms with Crippen LogP contribution in [0.25, 0.3) is 0 Å². The van der Waals surface area contributed by atoms with Gasteiger partial charge in [0.1, 0.15) is 6.10 Å². The molecule has 8 heteroatoms. The van der Waals surface area contributed by atoms with E-state index in [1.807, 2.05) is 13.8 Å². The van der Waals surface area contributed by atoms with Crippen LogP contribution < -0.4 is 5.32 Å². The fourth-order valence-corrected chi connectivity index (χ4v) is 16.4. The Balaban J connectivity index is 1.06. The van der Waals surface area contributed by atoms with Crippen LogP contribution in [0.4, 0.5) is 0 Å². The maximum Gasteiger partial charge on any atom is 0.309 e. The molecule has 7 saturated carbocycles. The summed E-state index contributed by atoms with van der Waals surface area (Å²) in [7, 11) is 0. The topological polar surface area (TPSA) is 108 Å². The van der Waals surface area contributed by atoms with Crippen molar-refractivity contribution in [1.82, 2.24) is 5.32 Å². The summed E-state index contributed by atoms with van der Waals surface area (Å²) in [4.78, 5) is 54.9. The molecule has 0 saturated heterocycles. The van der Waals surface area contributed by atoms with Gasteiger partial charge >= 0.3 is 17.9 Å². The van der Waals surface area contributed by atoms with E-state index in [1.165, 1.54) is 12.0 Å². The van der Waals surface area contributed by atoms with Crippen molar-refractivity contribution in [3.63, 3.8) is 0 Å². The second-order valence-corrected chi connectivity index (χ2v) is 24.5. The molecule has 0 bridgehead atoms. The quantitative estimate of drug-likeness (QED) is 0.0851. The molecule has 0 aliphatic heterocycles. The molecule has 0 aromatic rings. The molecule has 0 radical (unpaired) electrons. The molecule has 7 fully saturated rings. The standard InChI is InChI=1S/C53H85NO7/c1-14-16-28-59-43(55)35-30-36(47(35,5)6)45(57)61-41-22-23-50(11)38(49(41,9)10)21-24-52(13)39(50)19-18-34-42-33(32(3)4)20-25-53(42,27-26-51(34,52)12)46(58)54-40-31-37(48(40,7)8)44(56)60-29-17-15-2/h33-42H,3,14-31H2,1-2,4-13H3,(H,54,58)/t33-,34+,35-,36+,37+,38-,39+,40?,41-,42+,50-,51+,52+,53-/m0/s1. The second kappa shape index (κ2) is 16.2. The third kappa shape index (κ3) is 7.08. The SMILES string of the molecule is C=C(C)[C@@H]1CC[C@]2(C(=O)NC3C[C@H](C(=O)OCCCC)C3(C)C)CC[C@]3(C)[C@H](CC[C@@H]4[C@@]5(C)CC[C@H](OC(=O)[C@H]6C[C@@H](C(=O)OCCCC)C6(C)C)C(C)(C)[C@@H]5CC[C@]43C)[C@@H]12. The number of hydrogen-bond donors (Lipinski definition) is 1. The Kier molecular flexibility index (Phi) is 12.4. The third-order valence-corrected chi connectivity index (χ3v) is 20.9. The number of amides is 1. The summed E-state index contributed by atoms with van der Waals surface area (Å²) >= 11 is 0. The lowest BCUT2D eigenvalue weighted by Gasteiger charge is -2.73. The molecule has 344 valence electrons. The number of carbonyl (C=O) groups is 4. The number of unbranched alkanes of at least 4 members (excludes halogenated alkanes) is 2. The normalized spacial score (nSPS) is 43.7. The fourth-order valence-electron chi connectivity index (χ4n) is 16.4. The zero-order chi connectivity index (χ0) is 44.7. The highest BCUT2D eigenvalue weighted by Gasteiger charge is 2.72. The molecule has 0 aromatic heterocycles. The minimum Gasteiger partial charge on any atom is -0.465 e. The minimum atomic E-state index is -0.477. The first kappa shape index (κ1) is 46.6. The highest BCUT2D eigenvalue weighted by atomic mass is 16.5. The molecule has 61 heavy (non-hydrogen) atoms. The van der Waals surface area contributed by atoms with E-state index in [4.69, 9.17) is 14.2 Å². The molecule has 7 rings (SSSR count). The first-order valence-electron chi connectivity index (χ1n) is 25.0. The van der Waals surface area contributed by atoms with Gasteiger partial charge in [0.05, 0.1) is 36.4 Å². The summed E-state index contributed by atoms with van der Waals surface area (Å²) < 4.78 is 17.8. The maximum atomic E-state index is 15.0. The zero-order valence-corrected chi connectivity index (χ0v) is 40.6. The van der Waals surface area contributed by atoms with Crippen LogP contribution in [-0.2, 0) is 33.4 Å². The van der Waals surface area contributed by atoms with E-state index in [0.717, 1.165) is 83.5 Å². The smallest absolute Gasteiger partial charge is 0.309 e. The van der Waals surface area contributed by atoms with Crippen molar-refractivity contribution in [2.75, 3.05) is 13.2 Å². The van der Waals surface area contributed by atoms with Crippen LogP contribution in [0.15, 0.2) is 12.2 Å². The van der Waals surface area contributed by atoms with Crippen molar-refractivity contribution in [2.45, 2.75) is 198 Å². The molecular formula is C53H85NO7. The molecule has 8 nitrogen and oxygen atoms in total.